The summed E-state index contributed by atoms with van der Waals surface area (Å²) < 4.78 is 13.7. The SMILES string of the molecule is CCOC(=O)CC(C=O)C(=O)OCC.COC(=O)Cc1cnc(Cc2ccc([N+](=O)[O-])cc2)[nH]c1=O.Cl.N=C(N)Cc1ccc([N+](=O)[O-])cc1. The van der Waals surface area contributed by atoms with Crippen LogP contribution in [-0.2, 0) is 52.7 Å². The summed E-state index contributed by atoms with van der Waals surface area (Å²) in [6.45, 7) is 3.70. The fourth-order valence-corrected chi connectivity index (χ4v) is 3.62. The van der Waals surface area contributed by atoms with Gasteiger partial charge in [-0.15, -0.1) is 12.4 Å². The van der Waals surface area contributed by atoms with Crippen LogP contribution in [0.1, 0.15) is 42.8 Å². The van der Waals surface area contributed by atoms with Crippen LogP contribution < -0.4 is 11.3 Å². The molecule has 3 aromatic rings. The van der Waals surface area contributed by atoms with Gasteiger partial charge < -0.3 is 29.7 Å². The number of carbonyl (C=O) groups excluding carboxylic acids is 4. The van der Waals surface area contributed by atoms with E-state index in [2.05, 4.69) is 24.2 Å². The lowest BCUT2D eigenvalue weighted by molar-refractivity contribution is -0.385. The molecule has 0 bridgehead atoms. The zero-order chi connectivity index (χ0) is 36.9. The Hall–Kier alpha value is -6.04. The van der Waals surface area contributed by atoms with Crippen molar-refractivity contribution in [2.75, 3.05) is 20.3 Å². The number of nitrogens with two attached hydrogens (primary N) is 1. The first-order chi connectivity index (χ1) is 23.2. The van der Waals surface area contributed by atoms with E-state index in [1.807, 2.05) is 0 Å². The molecule has 270 valence electrons. The topological polar surface area (TPSA) is 278 Å². The first-order valence-corrected chi connectivity index (χ1v) is 14.4. The Labute approximate surface area is 291 Å². The molecule has 0 saturated heterocycles. The Morgan fingerprint density at radius 3 is 1.86 bits per heavy atom. The maximum atomic E-state index is 11.8. The van der Waals surface area contributed by atoms with Crippen molar-refractivity contribution in [1.82, 2.24) is 9.97 Å². The molecule has 0 aliphatic carbocycles. The normalized spacial score (nSPS) is 10.2. The summed E-state index contributed by atoms with van der Waals surface area (Å²) in [4.78, 5) is 82.0. The van der Waals surface area contributed by atoms with Crippen LogP contribution in [0.5, 0.6) is 0 Å². The summed E-state index contributed by atoms with van der Waals surface area (Å²) in [5.74, 6) is -2.36. The van der Waals surface area contributed by atoms with Gasteiger partial charge in [0, 0.05) is 48.9 Å². The van der Waals surface area contributed by atoms with Gasteiger partial charge in [-0.3, -0.25) is 44.8 Å². The van der Waals surface area contributed by atoms with E-state index >= 15 is 0 Å². The second-order valence-corrected chi connectivity index (χ2v) is 9.67. The molecule has 0 aliphatic rings. The second-order valence-electron chi connectivity index (χ2n) is 9.67. The Morgan fingerprint density at radius 2 is 1.44 bits per heavy atom. The summed E-state index contributed by atoms with van der Waals surface area (Å²) in [5, 5.41) is 27.9. The number of carbonyl (C=O) groups is 4. The third-order valence-corrected chi connectivity index (χ3v) is 5.99. The maximum Gasteiger partial charge on any atom is 0.316 e. The van der Waals surface area contributed by atoms with Gasteiger partial charge in [-0.2, -0.15) is 0 Å². The molecule has 2 aromatic carbocycles. The minimum Gasteiger partial charge on any atom is -0.469 e. The minimum atomic E-state index is -1.05. The average Bonchev–Trinajstić information content (AvgIpc) is 3.06. The van der Waals surface area contributed by atoms with Crippen molar-refractivity contribution in [3.63, 3.8) is 0 Å². The van der Waals surface area contributed by atoms with Gasteiger partial charge in [0.15, 0.2) is 0 Å². The number of aldehydes is 1. The van der Waals surface area contributed by atoms with E-state index in [4.69, 9.17) is 11.1 Å². The first-order valence-electron chi connectivity index (χ1n) is 14.4. The number of nitrogens with zero attached hydrogens (tertiary/aromatic N) is 3. The molecule has 1 heterocycles. The van der Waals surface area contributed by atoms with Gasteiger partial charge in [-0.05, 0) is 25.0 Å². The van der Waals surface area contributed by atoms with Gasteiger partial charge in [0.1, 0.15) is 18.0 Å². The Balaban J connectivity index is 0.000000752. The number of halogens is 1. The van der Waals surface area contributed by atoms with Crippen LogP contribution in [0.4, 0.5) is 11.4 Å². The van der Waals surface area contributed by atoms with Crippen molar-refractivity contribution < 1.29 is 43.2 Å². The summed E-state index contributed by atoms with van der Waals surface area (Å²) in [7, 11) is 1.24. The van der Waals surface area contributed by atoms with E-state index in [0.717, 1.165) is 11.1 Å². The fraction of sp³-hybridized carbons (Fsp3) is 0.323. The number of hydrogen-bond donors (Lipinski definition) is 3. The molecule has 0 spiro atoms. The number of nitro groups is 2. The molecule has 18 nitrogen and oxygen atoms in total. The van der Waals surface area contributed by atoms with Crippen molar-refractivity contribution in [1.29, 1.82) is 5.41 Å². The van der Waals surface area contributed by atoms with Crippen LogP contribution in [0.3, 0.4) is 0 Å². The Morgan fingerprint density at radius 1 is 0.920 bits per heavy atom. The fourth-order valence-electron chi connectivity index (χ4n) is 3.62. The van der Waals surface area contributed by atoms with Crippen molar-refractivity contribution in [3.05, 3.63) is 108 Å². The molecule has 0 aliphatic heterocycles. The molecular weight excluding hydrogens is 684 g/mol. The molecule has 1 atom stereocenters. The highest BCUT2D eigenvalue weighted by Gasteiger charge is 2.23. The lowest BCUT2D eigenvalue weighted by Crippen LogP contribution is -2.23. The second kappa shape index (κ2) is 23.3. The van der Waals surface area contributed by atoms with Crippen LogP contribution >= 0.6 is 12.4 Å². The number of non-ortho nitro benzene ring substituents is 2. The number of benzene rings is 2. The van der Waals surface area contributed by atoms with Gasteiger partial charge in [-0.25, -0.2) is 4.98 Å². The lowest BCUT2D eigenvalue weighted by atomic mass is 10.1. The maximum absolute atomic E-state index is 11.8. The number of aromatic amines is 1. The summed E-state index contributed by atoms with van der Waals surface area (Å²) in [5.41, 5.74) is 6.61. The van der Waals surface area contributed by atoms with Crippen LogP contribution in [0, 0.1) is 31.6 Å². The number of hydrogen-bond acceptors (Lipinski definition) is 14. The van der Waals surface area contributed by atoms with Crippen LogP contribution in [-0.4, -0.2) is 70.2 Å². The number of nitrogens with one attached hydrogen (secondary N) is 2. The number of rotatable bonds is 14. The van der Waals surface area contributed by atoms with Crippen molar-refractivity contribution in [3.8, 4) is 0 Å². The Kier molecular flexibility index (Phi) is 20.5. The quantitative estimate of drug-likeness (QED) is 0.0316. The van der Waals surface area contributed by atoms with Gasteiger partial charge in [-0.1, -0.05) is 24.3 Å². The first kappa shape index (κ1) is 44.0. The van der Waals surface area contributed by atoms with Gasteiger partial charge >= 0.3 is 17.9 Å². The monoisotopic (exact) mass is 720 g/mol. The third-order valence-electron chi connectivity index (χ3n) is 5.99. The number of ether oxygens (including phenoxy) is 3. The molecule has 1 unspecified atom stereocenters. The largest absolute Gasteiger partial charge is 0.469 e. The molecular formula is C31H37ClN6O12. The van der Waals surface area contributed by atoms with Gasteiger partial charge in [0.2, 0.25) is 0 Å². The van der Waals surface area contributed by atoms with Crippen molar-refractivity contribution >= 4 is 53.8 Å². The number of methoxy groups -OCH3 is 1. The van der Waals surface area contributed by atoms with Crippen molar-refractivity contribution in [2.24, 2.45) is 11.7 Å². The van der Waals surface area contributed by atoms with Crippen LogP contribution in [0.15, 0.2) is 59.5 Å². The predicted molar refractivity (Wildman–Crippen MR) is 180 cm³/mol. The molecule has 0 saturated carbocycles. The van der Waals surface area contributed by atoms with E-state index in [1.165, 1.54) is 37.6 Å². The van der Waals surface area contributed by atoms with E-state index < -0.39 is 39.2 Å². The molecule has 0 radical (unpaired) electrons. The molecule has 0 amide bonds. The van der Waals surface area contributed by atoms with Gasteiger partial charge in [0.25, 0.3) is 16.9 Å². The Bertz CT molecular complexity index is 1660. The molecule has 3 rings (SSSR count). The van der Waals surface area contributed by atoms with Crippen LogP contribution in [0.2, 0.25) is 0 Å². The minimum absolute atomic E-state index is 0. The number of aromatic nitrogens is 2. The molecule has 1 aromatic heterocycles. The zero-order valence-corrected chi connectivity index (χ0v) is 28.1. The third kappa shape index (κ3) is 16.7. The predicted octanol–water partition coefficient (Wildman–Crippen LogP) is 2.80. The number of amidine groups is 1. The summed E-state index contributed by atoms with van der Waals surface area (Å²) in [6.07, 6.45) is 1.99. The number of nitro benzene ring substituents is 2. The summed E-state index contributed by atoms with van der Waals surface area (Å²) in [6, 6.07) is 12.0. The highest BCUT2D eigenvalue weighted by Crippen LogP contribution is 2.14. The number of esters is 3. The van der Waals surface area contributed by atoms with Crippen LogP contribution in [0.25, 0.3) is 0 Å². The standard InChI is InChI=1S/C14H13N3O5.C9H14O5.C8H9N3O2.ClH/c1-22-13(18)7-10-8-15-12(16-14(10)19)6-9-2-4-11(5-3-9)17(20)21;1-3-13-8(11)5-7(6-10)9(12)14-4-2;9-8(10)5-6-1-3-7(4-2-6)11(12)13;/h2-5,8H,6-7H2,1H3,(H,15,16,19);6-7H,3-5H2,1-2H3;1-4H,5H2,(H3,9,10);1H. The van der Waals surface area contributed by atoms with Crippen molar-refractivity contribution in [2.45, 2.75) is 39.5 Å². The molecule has 19 heteroatoms. The van der Waals surface area contributed by atoms with E-state index in [0.29, 0.717) is 25.0 Å². The molecule has 50 heavy (non-hydrogen) atoms. The highest BCUT2D eigenvalue weighted by molar-refractivity contribution is 5.92. The average molecular weight is 721 g/mol. The van der Waals surface area contributed by atoms with E-state index in [9.17, 15) is 44.2 Å². The lowest BCUT2D eigenvalue weighted by Gasteiger charge is -2.08. The highest BCUT2D eigenvalue weighted by atomic mass is 35.5. The number of H-pyrrole nitrogens is 1. The molecule has 4 N–H and O–H groups in total. The zero-order valence-electron chi connectivity index (χ0n) is 27.3. The smallest absolute Gasteiger partial charge is 0.316 e. The van der Waals surface area contributed by atoms with Gasteiger partial charge in [0.05, 0.1) is 48.8 Å². The van der Waals surface area contributed by atoms with E-state index in [-0.39, 0.29) is 61.2 Å². The molecule has 0 fully saturated rings. The van der Waals surface area contributed by atoms with E-state index in [1.54, 1.807) is 38.1 Å². The summed E-state index contributed by atoms with van der Waals surface area (Å²) >= 11 is 0.